The topological polar surface area (TPSA) is 120 Å². The van der Waals surface area contributed by atoms with Gasteiger partial charge in [0.15, 0.2) is 11.6 Å². The van der Waals surface area contributed by atoms with Crippen LogP contribution in [0.2, 0.25) is 0 Å². The molecule has 0 spiro atoms. The second-order valence-electron chi connectivity index (χ2n) is 10.2. The summed E-state index contributed by atoms with van der Waals surface area (Å²) in [5, 5.41) is 2.19. The standard InChI is InChI=1S/C26H30F4N2O8S/c1-25(2,3)23(26(28,29)30)40-24(34)31-15-6-10-20-19(12-15)32(14-16(39-20)7-11-22(33)38-5)41(35,36)17-8-9-18(27)21(13-17)37-4/h6,8-10,12-13,16,23H,7,11,14H2,1-5H3,(H,31,34)/t16-,23?/m0/s1. The molecule has 0 saturated heterocycles. The highest BCUT2D eigenvalue weighted by Crippen LogP contribution is 2.41. The van der Waals surface area contributed by atoms with Gasteiger partial charge >= 0.3 is 18.2 Å². The van der Waals surface area contributed by atoms with Crippen LogP contribution in [0.25, 0.3) is 0 Å². The molecule has 0 saturated carbocycles. The summed E-state index contributed by atoms with van der Waals surface area (Å²) in [5.74, 6) is -1.60. The van der Waals surface area contributed by atoms with E-state index in [1.54, 1.807) is 0 Å². The van der Waals surface area contributed by atoms with Crippen LogP contribution >= 0.6 is 0 Å². The average Bonchev–Trinajstić information content (AvgIpc) is 2.88. The summed E-state index contributed by atoms with van der Waals surface area (Å²) in [6.07, 6.45) is -9.46. The van der Waals surface area contributed by atoms with Gasteiger partial charge in [0.1, 0.15) is 11.9 Å². The molecule has 3 rings (SSSR count). The highest BCUT2D eigenvalue weighted by atomic mass is 32.2. The maximum atomic E-state index is 14.0. The van der Waals surface area contributed by atoms with Crippen LogP contribution in [0.3, 0.4) is 0 Å². The van der Waals surface area contributed by atoms with Crippen molar-refractivity contribution in [1.82, 2.24) is 0 Å². The van der Waals surface area contributed by atoms with E-state index in [9.17, 15) is 35.6 Å². The first-order chi connectivity index (χ1) is 19.0. The number of nitrogens with one attached hydrogen (secondary N) is 1. The third kappa shape index (κ3) is 7.51. The molecule has 2 aromatic rings. The third-order valence-electron chi connectivity index (χ3n) is 6.05. The summed E-state index contributed by atoms with van der Waals surface area (Å²) in [7, 11) is -2.03. The van der Waals surface area contributed by atoms with E-state index in [1.807, 2.05) is 0 Å². The van der Waals surface area contributed by atoms with E-state index in [0.717, 1.165) is 22.5 Å². The van der Waals surface area contributed by atoms with Crippen molar-refractivity contribution in [2.45, 2.75) is 56.9 Å². The minimum atomic E-state index is -4.83. The molecule has 1 aliphatic heterocycles. The molecular weight excluding hydrogens is 576 g/mol. The number of sulfonamides is 1. The van der Waals surface area contributed by atoms with Gasteiger partial charge in [-0.05, 0) is 36.8 Å². The van der Waals surface area contributed by atoms with E-state index in [-0.39, 0.29) is 47.2 Å². The van der Waals surface area contributed by atoms with E-state index >= 15 is 0 Å². The van der Waals surface area contributed by atoms with Gasteiger partial charge in [0, 0.05) is 23.6 Å². The molecule has 1 aliphatic rings. The van der Waals surface area contributed by atoms with Crippen LogP contribution in [0, 0.1) is 11.2 Å². The lowest BCUT2D eigenvalue weighted by Gasteiger charge is -2.36. The number of benzene rings is 2. The molecule has 1 N–H and O–H groups in total. The highest BCUT2D eigenvalue weighted by molar-refractivity contribution is 7.92. The second-order valence-corrected chi connectivity index (χ2v) is 12.0. The molecule has 1 amide bonds. The molecule has 2 atom stereocenters. The fraction of sp³-hybridized carbons (Fsp3) is 0.462. The predicted octanol–water partition coefficient (Wildman–Crippen LogP) is 5.27. The molecule has 1 unspecified atom stereocenters. The number of hydrogen-bond acceptors (Lipinski definition) is 8. The van der Waals surface area contributed by atoms with Gasteiger partial charge in [0.05, 0.1) is 31.3 Å². The Kier molecular flexibility index (Phi) is 9.30. The van der Waals surface area contributed by atoms with Crippen LogP contribution < -0.4 is 19.1 Å². The van der Waals surface area contributed by atoms with E-state index in [0.29, 0.717) is 0 Å². The molecule has 1 heterocycles. The fourth-order valence-electron chi connectivity index (χ4n) is 4.07. The molecule has 0 aliphatic carbocycles. The quantitative estimate of drug-likeness (QED) is 0.319. The number of rotatable bonds is 8. The van der Waals surface area contributed by atoms with Crippen LogP contribution in [-0.2, 0) is 24.3 Å². The van der Waals surface area contributed by atoms with Gasteiger partial charge in [-0.3, -0.25) is 14.4 Å². The number of ether oxygens (including phenoxy) is 4. The first-order valence-electron chi connectivity index (χ1n) is 12.3. The SMILES string of the molecule is COC(=O)CC[C@H]1CN(S(=O)(=O)c2ccc(F)c(OC)c2)c2cc(NC(=O)OC(C(C)(C)C)C(F)(F)F)ccc2O1. The normalized spacial score (nSPS) is 16.2. The number of anilines is 2. The zero-order valence-corrected chi connectivity index (χ0v) is 23.7. The Morgan fingerprint density at radius 3 is 2.39 bits per heavy atom. The summed E-state index contributed by atoms with van der Waals surface area (Å²) >= 11 is 0. The van der Waals surface area contributed by atoms with Gasteiger partial charge in [0.25, 0.3) is 10.0 Å². The Morgan fingerprint density at radius 1 is 1.12 bits per heavy atom. The number of esters is 1. The first-order valence-corrected chi connectivity index (χ1v) is 13.7. The number of nitrogens with zero attached hydrogens (tertiary/aromatic N) is 1. The number of alkyl halides is 3. The number of halogens is 4. The monoisotopic (exact) mass is 606 g/mol. The Hall–Kier alpha value is -3.75. The molecule has 15 heteroatoms. The lowest BCUT2D eigenvalue weighted by molar-refractivity contribution is -0.229. The van der Waals surface area contributed by atoms with Crippen molar-refractivity contribution in [3.05, 3.63) is 42.2 Å². The number of carbonyl (C=O) groups excluding carboxylic acids is 2. The Labute approximate surface area is 234 Å². The van der Waals surface area contributed by atoms with Gasteiger partial charge in [-0.15, -0.1) is 0 Å². The smallest absolute Gasteiger partial charge is 0.426 e. The lowest BCUT2D eigenvalue weighted by atomic mass is 9.88. The van der Waals surface area contributed by atoms with Gasteiger partial charge in [0.2, 0.25) is 6.10 Å². The van der Waals surface area contributed by atoms with E-state index < -0.39 is 51.7 Å². The zero-order valence-electron chi connectivity index (χ0n) is 22.9. The van der Waals surface area contributed by atoms with E-state index in [4.69, 9.17) is 9.47 Å². The number of carbonyl (C=O) groups is 2. The summed E-state index contributed by atoms with van der Waals surface area (Å²) in [6.45, 7) is 3.50. The molecular formula is C26H30F4N2O8S. The molecule has 41 heavy (non-hydrogen) atoms. The minimum absolute atomic E-state index is 0.0468. The Balaban J connectivity index is 1.98. The summed E-state index contributed by atoms with van der Waals surface area (Å²) in [5.41, 5.74) is -1.61. The van der Waals surface area contributed by atoms with Gasteiger partial charge in [-0.25, -0.2) is 17.6 Å². The molecule has 10 nitrogen and oxygen atoms in total. The lowest BCUT2D eigenvalue weighted by Crippen LogP contribution is -2.44. The largest absolute Gasteiger partial charge is 0.494 e. The van der Waals surface area contributed by atoms with Crippen molar-refractivity contribution in [1.29, 1.82) is 0 Å². The summed E-state index contributed by atoms with van der Waals surface area (Å²) in [4.78, 5) is 23.8. The maximum Gasteiger partial charge on any atom is 0.426 e. The van der Waals surface area contributed by atoms with Gasteiger partial charge in [-0.2, -0.15) is 13.2 Å². The van der Waals surface area contributed by atoms with Crippen LogP contribution in [0.15, 0.2) is 41.3 Å². The van der Waals surface area contributed by atoms with Crippen LogP contribution in [0.4, 0.5) is 33.7 Å². The zero-order chi connectivity index (χ0) is 30.8. The van der Waals surface area contributed by atoms with Gasteiger partial charge in [-0.1, -0.05) is 20.8 Å². The third-order valence-corrected chi connectivity index (χ3v) is 7.83. The molecule has 0 fully saturated rings. The molecule has 0 radical (unpaired) electrons. The highest BCUT2D eigenvalue weighted by Gasteiger charge is 2.50. The summed E-state index contributed by atoms with van der Waals surface area (Å²) in [6, 6.07) is 6.73. The Bertz CT molecular complexity index is 1380. The number of methoxy groups -OCH3 is 2. The van der Waals surface area contributed by atoms with Crippen molar-refractivity contribution in [3.63, 3.8) is 0 Å². The van der Waals surface area contributed by atoms with Crippen molar-refractivity contribution >= 4 is 33.5 Å². The number of amides is 1. The second kappa shape index (κ2) is 12.0. The fourth-order valence-corrected chi connectivity index (χ4v) is 5.58. The maximum absolute atomic E-state index is 14.0. The predicted molar refractivity (Wildman–Crippen MR) is 139 cm³/mol. The van der Waals surface area contributed by atoms with E-state index in [1.165, 1.54) is 53.2 Å². The molecule has 0 bridgehead atoms. The molecule has 226 valence electrons. The molecule has 0 aromatic heterocycles. The Morgan fingerprint density at radius 2 is 1.80 bits per heavy atom. The van der Waals surface area contributed by atoms with Crippen molar-refractivity contribution in [3.8, 4) is 11.5 Å². The number of hydrogen-bond donors (Lipinski definition) is 1. The first kappa shape index (κ1) is 31.8. The average molecular weight is 607 g/mol. The van der Waals surface area contributed by atoms with Crippen LogP contribution in [0.1, 0.15) is 33.6 Å². The number of fused-ring (bicyclic) bond motifs is 1. The van der Waals surface area contributed by atoms with Crippen LogP contribution in [0.5, 0.6) is 11.5 Å². The summed E-state index contributed by atoms with van der Waals surface area (Å²) < 4.78 is 103. The minimum Gasteiger partial charge on any atom is -0.494 e. The van der Waals surface area contributed by atoms with Crippen LogP contribution in [-0.4, -0.2) is 59.6 Å². The van der Waals surface area contributed by atoms with Crippen molar-refractivity contribution in [2.75, 3.05) is 30.4 Å². The van der Waals surface area contributed by atoms with E-state index in [2.05, 4.69) is 14.8 Å². The van der Waals surface area contributed by atoms with Crippen molar-refractivity contribution < 1.29 is 54.5 Å². The molecule has 2 aromatic carbocycles. The van der Waals surface area contributed by atoms with Crippen molar-refractivity contribution in [2.24, 2.45) is 5.41 Å². The van der Waals surface area contributed by atoms with Gasteiger partial charge < -0.3 is 18.9 Å².